The third-order valence-corrected chi connectivity index (χ3v) is 14.7. The van der Waals surface area contributed by atoms with Gasteiger partial charge in [-0.1, -0.05) is 263 Å². The second-order valence-electron chi connectivity index (χ2n) is 21.3. The van der Waals surface area contributed by atoms with Crippen LogP contribution in [-0.4, -0.2) is 4.70 Å². The van der Waals surface area contributed by atoms with E-state index in [0.717, 1.165) is 85.9 Å². The molecule has 2 aromatic carbocycles. The molecule has 0 atom stereocenters. The van der Waals surface area contributed by atoms with Crippen LogP contribution in [0.5, 0.6) is 0 Å². The lowest BCUT2D eigenvalue weighted by atomic mass is 9.93. The van der Waals surface area contributed by atoms with Gasteiger partial charge in [-0.2, -0.15) is 0 Å². The van der Waals surface area contributed by atoms with Crippen LogP contribution in [0, 0.1) is 23.7 Å². The summed E-state index contributed by atoms with van der Waals surface area (Å²) in [6.45, 7) is 13.7. The molecule has 2 nitrogen and oxygen atoms in total. The zero-order valence-corrected chi connectivity index (χ0v) is 46.3. The molecule has 0 fully saturated rings. The van der Waals surface area contributed by atoms with Crippen molar-refractivity contribution >= 4 is 11.4 Å². The predicted octanol–water partition coefficient (Wildman–Crippen LogP) is 22.0. The second kappa shape index (κ2) is 40.3. The minimum Gasteiger partial charge on any atom is -0.493 e. The molecule has 2 heteroatoms. The number of unbranched alkanes of at least 4 members (excludes halogenated alkanes) is 33. The van der Waals surface area contributed by atoms with Crippen molar-refractivity contribution in [1.29, 1.82) is 0 Å². The van der Waals surface area contributed by atoms with Gasteiger partial charge in [-0.25, -0.2) is 4.70 Å². The lowest BCUT2D eigenvalue weighted by molar-refractivity contribution is -0.345. The van der Waals surface area contributed by atoms with Crippen LogP contribution < -0.4 is 0 Å². The van der Waals surface area contributed by atoms with Crippen LogP contribution in [0.3, 0.4) is 0 Å². The van der Waals surface area contributed by atoms with Crippen LogP contribution in [0.2, 0.25) is 0 Å². The van der Waals surface area contributed by atoms with Gasteiger partial charge in [0, 0.05) is 46.2 Å². The Morgan fingerprint density at radius 2 is 0.681 bits per heavy atom. The SMILES string of the molecule is CCCCCCCCCCCCCC#Cc1cc(C#CCCCCCCCCCCCCC)cc(C2=C(CCCC)C(C)=C(c3cc(CCCCCCCC)cc(CCCCCCCC)c3)[N+]2=[N-])c1. The smallest absolute Gasteiger partial charge is 0.211 e. The summed E-state index contributed by atoms with van der Waals surface area (Å²) in [5.74, 6) is 14.3. The summed E-state index contributed by atoms with van der Waals surface area (Å²) in [5.41, 5.74) is 24.0. The van der Waals surface area contributed by atoms with Crippen LogP contribution in [0.4, 0.5) is 0 Å². The topological polar surface area (TPSA) is 25.3 Å². The number of hydrogen-bond acceptors (Lipinski definition) is 0. The number of nitrogens with zero attached hydrogens (tertiary/aromatic N) is 2. The number of benzene rings is 2. The quantitative estimate of drug-likeness (QED) is 0.0361. The number of rotatable bonds is 41. The van der Waals surface area contributed by atoms with Gasteiger partial charge in [0.15, 0.2) is 0 Å². The molecule has 0 amide bonds. The van der Waals surface area contributed by atoms with E-state index in [9.17, 15) is 5.53 Å². The van der Waals surface area contributed by atoms with Crippen LogP contribution in [0.25, 0.3) is 16.9 Å². The van der Waals surface area contributed by atoms with Gasteiger partial charge >= 0.3 is 0 Å². The Kier molecular flexibility index (Phi) is 35.0. The van der Waals surface area contributed by atoms with E-state index in [1.165, 1.54) is 233 Å². The summed E-state index contributed by atoms with van der Waals surface area (Å²) in [5, 5.41) is 0. The highest BCUT2D eigenvalue weighted by Gasteiger charge is 2.34. The van der Waals surface area contributed by atoms with Gasteiger partial charge in [0.2, 0.25) is 11.4 Å². The molecular formula is C67H106N2. The summed E-state index contributed by atoms with van der Waals surface area (Å²) in [6.07, 6.45) is 52.5. The number of hydrogen-bond donors (Lipinski definition) is 0. The highest BCUT2D eigenvalue weighted by atomic mass is 15.2. The molecule has 2 aromatic rings. The first kappa shape index (κ1) is 59.9. The Morgan fingerprint density at radius 1 is 0.348 bits per heavy atom. The minimum atomic E-state index is 0.928. The van der Waals surface area contributed by atoms with E-state index < -0.39 is 0 Å². The molecule has 0 radical (unpaired) electrons. The maximum atomic E-state index is 12.6. The molecule has 1 aliphatic rings. The Labute approximate surface area is 429 Å². The van der Waals surface area contributed by atoms with Crippen LogP contribution >= 0.6 is 0 Å². The van der Waals surface area contributed by atoms with Crippen molar-refractivity contribution in [3.8, 4) is 23.7 Å². The van der Waals surface area contributed by atoms with Crippen molar-refractivity contribution < 1.29 is 4.70 Å². The second-order valence-corrected chi connectivity index (χ2v) is 21.3. The number of allylic oxidation sites excluding steroid dienone is 2. The molecule has 1 heterocycles. The van der Waals surface area contributed by atoms with Crippen molar-refractivity contribution in [2.75, 3.05) is 0 Å². The van der Waals surface area contributed by atoms with Crippen molar-refractivity contribution in [3.63, 3.8) is 0 Å². The predicted molar refractivity (Wildman–Crippen MR) is 306 cm³/mol. The monoisotopic (exact) mass is 939 g/mol. The van der Waals surface area contributed by atoms with Crippen molar-refractivity contribution in [2.45, 2.75) is 305 Å². The molecule has 0 saturated heterocycles. The third kappa shape index (κ3) is 26.1. The fourth-order valence-electron chi connectivity index (χ4n) is 10.4. The van der Waals surface area contributed by atoms with E-state index in [0.29, 0.717) is 0 Å². The summed E-state index contributed by atoms with van der Waals surface area (Å²) in [7, 11) is 0. The molecule has 0 aromatic heterocycles. The normalized spacial score (nSPS) is 12.5. The van der Waals surface area contributed by atoms with Crippen LogP contribution in [0.15, 0.2) is 47.5 Å². The Hall–Kier alpha value is -3.36. The van der Waals surface area contributed by atoms with E-state index in [4.69, 9.17) is 0 Å². The average Bonchev–Trinajstić information content (AvgIpc) is 3.60. The summed E-state index contributed by atoms with van der Waals surface area (Å²) in [4.78, 5) is 0. The standard InChI is InChI=1S/C67H106N2/c1-7-12-17-21-25-27-29-31-33-35-37-41-45-49-61-53-62(50-46-42-38-36-34-32-30-28-26-22-18-13-8-2)57-64(56-61)67-65(51-16-11-5)58(6)66(69(67)68)63-54-59(47-43-39-23-19-14-9-3)52-60(55-63)48-44-40-24-20-15-10-4/h52-57H,7-44,47-48,51H2,1-6H3. The molecule has 3 rings (SSSR count). The molecule has 0 bridgehead atoms. The van der Waals surface area contributed by atoms with E-state index in [1.54, 1.807) is 4.70 Å². The first-order valence-electron chi connectivity index (χ1n) is 30.2. The summed E-state index contributed by atoms with van der Waals surface area (Å²) < 4.78 is 1.57. The Balaban J connectivity index is 1.85. The summed E-state index contributed by atoms with van der Waals surface area (Å²) in [6, 6.07) is 14.0. The maximum absolute atomic E-state index is 12.6. The van der Waals surface area contributed by atoms with Gasteiger partial charge in [0.25, 0.3) is 0 Å². The fourth-order valence-corrected chi connectivity index (χ4v) is 10.4. The molecule has 0 N–H and O–H groups in total. The lowest BCUT2D eigenvalue weighted by Crippen LogP contribution is -2.05. The largest absolute Gasteiger partial charge is 0.493 e. The molecule has 1 aliphatic heterocycles. The molecule has 0 spiro atoms. The van der Waals surface area contributed by atoms with E-state index in [2.05, 4.69) is 102 Å². The van der Waals surface area contributed by atoms with E-state index >= 15 is 0 Å². The van der Waals surface area contributed by atoms with Crippen molar-refractivity contribution in [2.24, 2.45) is 0 Å². The van der Waals surface area contributed by atoms with E-state index in [-0.39, 0.29) is 0 Å². The molecule has 69 heavy (non-hydrogen) atoms. The van der Waals surface area contributed by atoms with Crippen LogP contribution in [0.1, 0.15) is 325 Å². The van der Waals surface area contributed by atoms with Crippen LogP contribution in [-0.2, 0) is 12.8 Å². The third-order valence-electron chi connectivity index (χ3n) is 14.7. The molecule has 0 saturated carbocycles. The Morgan fingerprint density at radius 3 is 1.06 bits per heavy atom. The van der Waals surface area contributed by atoms with Crippen molar-refractivity contribution in [3.05, 3.63) is 86.5 Å². The van der Waals surface area contributed by atoms with Gasteiger partial charge in [-0.05, 0) is 99.7 Å². The average molecular weight is 940 g/mol. The fraction of sp³-hybridized carbons (Fsp3) is 0.701. The highest BCUT2D eigenvalue weighted by molar-refractivity contribution is 5.82. The van der Waals surface area contributed by atoms with Crippen molar-refractivity contribution in [1.82, 2.24) is 0 Å². The molecule has 0 unspecified atom stereocenters. The summed E-state index contributed by atoms with van der Waals surface area (Å²) >= 11 is 0. The lowest BCUT2D eigenvalue weighted by Gasteiger charge is -2.13. The van der Waals surface area contributed by atoms with Gasteiger partial charge < -0.3 is 5.53 Å². The molecule has 384 valence electrons. The molecule has 0 aliphatic carbocycles. The highest BCUT2D eigenvalue weighted by Crippen LogP contribution is 2.43. The number of aryl methyl sites for hydroxylation is 2. The van der Waals surface area contributed by atoms with E-state index in [1.807, 2.05) is 0 Å². The first-order chi connectivity index (χ1) is 34.0. The maximum Gasteiger partial charge on any atom is 0.211 e. The first-order valence-corrected chi connectivity index (χ1v) is 30.2. The van der Waals surface area contributed by atoms with Gasteiger partial charge in [0.1, 0.15) is 0 Å². The molecular weight excluding hydrogens is 833 g/mol. The Bertz CT molecular complexity index is 1770. The zero-order valence-electron chi connectivity index (χ0n) is 46.3. The van der Waals surface area contributed by atoms with Gasteiger partial charge in [-0.3, -0.25) is 0 Å². The van der Waals surface area contributed by atoms with Gasteiger partial charge in [-0.15, -0.1) is 0 Å². The van der Waals surface area contributed by atoms with Gasteiger partial charge in [0.05, 0.1) is 0 Å². The zero-order chi connectivity index (χ0) is 49.4. The minimum absolute atomic E-state index is 0.928.